The van der Waals surface area contributed by atoms with Crippen molar-refractivity contribution in [1.29, 1.82) is 0 Å². The fourth-order valence-electron chi connectivity index (χ4n) is 2.45. The second-order valence-corrected chi connectivity index (χ2v) is 7.71. The van der Waals surface area contributed by atoms with Crippen LogP contribution in [0.4, 0.5) is 0 Å². The summed E-state index contributed by atoms with van der Waals surface area (Å²) in [5, 5.41) is 11.3. The van der Waals surface area contributed by atoms with Crippen molar-refractivity contribution in [2.75, 3.05) is 18.8 Å². The average molecular weight is 334 g/mol. The van der Waals surface area contributed by atoms with Crippen LogP contribution >= 0.6 is 0 Å². The molecule has 1 saturated carbocycles. The number of sulfonamides is 1. The maximum absolute atomic E-state index is 11.8. The van der Waals surface area contributed by atoms with E-state index in [1.54, 1.807) is 0 Å². The number of hydrogen-bond acceptors (Lipinski definition) is 5. The van der Waals surface area contributed by atoms with E-state index in [1.807, 2.05) is 0 Å². The number of carboxylic acids is 1. The predicted octanol–water partition coefficient (Wildman–Crippen LogP) is -0.546. The van der Waals surface area contributed by atoms with Gasteiger partial charge in [-0.25, -0.2) is 17.9 Å². The summed E-state index contributed by atoms with van der Waals surface area (Å²) in [6.45, 7) is 0.443. The third-order valence-electron chi connectivity index (χ3n) is 4.07. The van der Waals surface area contributed by atoms with Gasteiger partial charge < -0.3 is 15.2 Å². The molecule has 0 radical (unpaired) electrons. The quantitative estimate of drug-likeness (QED) is 0.548. The van der Waals surface area contributed by atoms with Gasteiger partial charge >= 0.3 is 5.97 Å². The number of ether oxygens (including phenoxy) is 1. The Bertz CT molecular complexity index is 517. The zero-order chi connectivity index (χ0) is 16.2. The molecule has 0 unspecified atom stereocenters. The SMILES string of the molecule is O=C(NCCS(=O)(=O)NCC1CCC1)[C@@H]1CC[C@H](C(=O)O)O1. The summed E-state index contributed by atoms with van der Waals surface area (Å²) in [5.74, 6) is -1.30. The van der Waals surface area contributed by atoms with Crippen LogP contribution in [0.25, 0.3) is 0 Å². The molecule has 3 N–H and O–H groups in total. The van der Waals surface area contributed by atoms with Crippen molar-refractivity contribution < 1.29 is 27.9 Å². The minimum Gasteiger partial charge on any atom is -0.479 e. The number of aliphatic carboxylic acids is 1. The molecule has 9 heteroatoms. The molecule has 2 fully saturated rings. The Morgan fingerprint density at radius 3 is 2.36 bits per heavy atom. The molecule has 22 heavy (non-hydrogen) atoms. The summed E-state index contributed by atoms with van der Waals surface area (Å²) in [7, 11) is -3.40. The molecule has 1 saturated heterocycles. The van der Waals surface area contributed by atoms with E-state index in [4.69, 9.17) is 9.84 Å². The zero-order valence-electron chi connectivity index (χ0n) is 12.3. The summed E-state index contributed by atoms with van der Waals surface area (Å²) < 4.78 is 31.1. The molecule has 1 heterocycles. The summed E-state index contributed by atoms with van der Waals surface area (Å²) in [4.78, 5) is 22.5. The van der Waals surface area contributed by atoms with Crippen LogP contribution < -0.4 is 10.0 Å². The van der Waals surface area contributed by atoms with E-state index in [0.29, 0.717) is 18.9 Å². The lowest BCUT2D eigenvalue weighted by atomic mass is 9.86. The lowest BCUT2D eigenvalue weighted by Crippen LogP contribution is -2.40. The van der Waals surface area contributed by atoms with E-state index in [2.05, 4.69) is 10.0 Å². The van der Waals surface area contributed by atoms with Gasteiger partial charge in [0.25, 0.3) is 0 Å². The summed E-state index contributed by atoms with van der Waals surface area (Å²) in [5.41, 5.74) is 0. The second kappa shape index (κ2) is 7.38. The van der Waals surface area contributed by atoms with E-state index in [9.17, 15) is 18.0 Å². The monoisotopic (exact) mass is 334 g/mol. The molecule has 2 aliphatic rings. The van der Waals surface area contributed by atoms with E-state index in [0.717, 1.165) is 19.3 Å². The number of nitrogens with one attached hydrogen (secondary N) is 2. The molecule has 0 bridgehead atoms. The molecule has 0 spiro atoms. The summed E-state index contributed by atoms with van der Waals surface area (Å²) >= 11 is 0. The number of carbonyl (C=O) groups is 2. The van der Waals surface area contributed by atoms with Gasteiger partial charge in [0.05, 0.1) is 5.75 Å². The predicted molar refractivity (Wildman–Crippen MR) is 77.7 cm³/mol. The van der Waals surface area contributed by atoms with E-state index in [-0.39, 0.29) is 18.7 Å². The Hall–Kier alpha value is -1.19. The summed E-state index contributed by atoms with van der Waals surface area (Å²) in [6.07, 6.45) is 2.12. The molecular weight excluding hydrogens is 312 g/mol. The van der Waals surface area contributed by atoms with Gasteiger partial charge in [-0.2, -0.15) is 0 Å². The Labute approximate surface area is 129 Å². The van der Waals surface area contributed by atoms with E-state index < -0.39 is 34.1 Å². The van der Waals surface area contributed by atoms with Gasteiger partial charge in [-0.1, -0.05) is 6.42 Å². The van der Waals surface area contributed by atoms with Crippen molar-refractivity contribution in [2.45, 2.75) is 44.3 Å². The van der Waals surface area contributed by atoms with Gasteiger partial charge in [-0.05, 0) is 31.6 Å². The summed E-state index contributed by atoms with van der Waals surface area (Å²) in [6, 6.07) is 0. The Morgan fingerprint density at radius 1 is 1.14 bits per heavy atom. The van der Waals surface area contributed by atoms with Crippen molar-refractivity contribution >= 4 is 21.9 Å². The normalized spacial score (nSPS) is 25.6. The van der Waals surface area contributed by atoms with Gasteiger partial charge in [0.2, 0.25) is 15.9 Å². The highest BCUT2D eigenvalue weighted by molar-refractivity contribution is 7.89. The molecule has 1 amide bonds. The zero-order valence-corrected chi connectivity index (χ0v) is 13.1. The highest BCUT2D eigenvalue weighted by Crippen LogP contribution is 2.25. The first kappa shape index (κ1) is 17.2. The topological polar surface area (TPSA) is 122 Å². The Balaban J connectivity index is 1.64. The van der Waals surface area contributed by atoms with Gasteiger partial charge in [0.15, 0.2) is 6.10 Å². The lowest BCUT2D eigenvalue weighted by molar-refractivity contribution is -0.151. The molecule has 2 rings (SSSR count). The third kappa shape index (κ3) is 4.92. The lowest BCUT2D eigenvalue weighted by Gasteiger charge is -2.25. The molecule has 0 aromatic carbocycles. The van der Waals surface area contributed by atoms with Crippen molar-refractivity contribution in [3.8, 4) is 0 Å². The van der Waals surface area contributed by atoms with Crippen LogP contribution in [0.3, 0.4) is 0 Å². The second-order valence-electron chi connectivity index (χ2n) is 5.78. The highest BCUT2D eigenvalue weighted by Gasteiger charge is 2.34. The van der Waals surface area contributed by atoms with Crippen LogP contribution in [0.2, 0.25) is 0 Å². The molecular formula is C13H22N2O6S. The Morgan fingerprint density at radius 2 is 1.82 bits per heavy atom. The smallest absolute Gasteiger partial charge is 0.332 e. The van der Waals surface area contributed by atoms with E-state index >= 15 is 0 Å². The number of carbonyl (C=O) groups excluding carboxylic acids is 1. The number of amides is 1. The minimum absolute atomic E-state index is 0.0174. The largest absolute Gasteiger partial charge is 0.479 e. The molecule has 126 valence electrons. The number of rotatable bonds is 8. The maximum Gasteiger partial charge on any atom is 0.332 e. The van der Waals surface area contributed by atoms with Gasteiger partial charge in [-0.15, -0.1) is 0 Å². The standard InChI is InChI=1S/C13H22N2O6S/c16-12(10-4-5-11(21-10)13(17)18)14-6-7-22(19,20)15-8-9-2-1-3-9/h9-11,15H,1-8H2,(H,14,16)(H,17,18)/t10-,11+/m0/s1. The van der Waals surface area contributed by atoms with E-state index in [1.165, 1.54) is 0 Å². The number of hydrogen-bond donors (Lipinski definition) is 3. The van der Waals surface area contributed by atoms with Crippen LogP contribution in [-0.2, 0) is 24.3 Å². The molecule has 0 aromatic rings. The van der Waals surface area contributed by atoms with Gasteiger partial charge in [-0.3, -0.25) is 4.79 Å². The van der Waals surface area contributed by atoms with Crippen LogP contribution in [0.5, 0.6) is 0 Å². The van der Waals surface area contributed by atoms with Crippen LogP contribution in [0.15, 0.2) is 0 Å². The molecule has 0 aromatic heterocycles. The fraction of sp³-hybridized carbons (Fsp3) is 0.846. The highest BCUT2D eigenvalue weighted by atomic mass is 32.2. The molecule has 2 atom stereocenters. The first-order valence-corrected chi connectivity index (χ1v) is 9.16. The maximum atomic E-state index is 11.8. The molecule has 8 nitrogen and oxygen atoms in total. The first-order chi connectivity index (χ1) is 10.4. The van der Waals surface area contributed by atoms with Crippen LogP contribution in [-0.4, -0.2) is 56.5 Å². The number of carboxylic acid groups (broad SMARTS) is 1. The van der Waals surface area contributed by atoms with Crippen LogP contribution in [0.1, 0.15) is 32.1 Å². The average Bonchev–Trinajstić information content (AvgIpc) is 2.86. The van der Waals surface area contributed by atoms with Gasteiger partial charge in [0.1, 0.15) is 6.10 Å². The third-order valence-corrected chi connectivity index (χ3v) is 5.42. The van der Waals surface area contributed by atoms with Crippen LogP contribution in [0, 0.1) is 5.92 Å². The van der Waals surface area contributed by atoms with Crippen molar-refractivity contribution in [3.05, 3.63) is 0 Å². The molecule has 1 aliphatic carbocycles. The van der Waals surface area contributed by atoms with Crippen molar-refractivity contribution in [3.63, 3.8) is 0 Å². The van der Waals surface area contributed by atoms with Crippen molar-refractivity contribution in [2.24, 2.45) is 5.92 Å². The Kier molecular flexibility index (Phi) is 5.76. The minimum atomic E-state index is -3.40. The molecule has 1 aliphatic heterocycles. The fourth-order valence-corrected chi connectivity index (χ4v) is 3.45. The van der Waals surface area contributed by atoms with Gasteiger partial charge in [0, 0.05) is 13.1 Å². The first-order valence-electron chi connectivity index (χ1n) is 7.51. The van der Waals surface area contributed by atoms with Crippen molar-refractivity contribution in [1.82, 2.24) is 10.0 Å².